The average molecular weight is 336 g/mol. The lowest BCUT2D eigenvalue weighted by molar-refractivity contribution is -0.118. The van der Waals surface area contributed by atoms with E-state index in [1.165, 1.54) is 5.56 Å². The number of amides is 1. The molecular formula is C19H20N4O2. The normalized spacial score (nSPS) is 10.5. The molecule has 25 heavy (non-hydrogen) atoms. The number of hydrogen-bond donors (Lipinski definition) is 1. The maximum atomic E-state index is 12.2. The second-order valence-corrected chi connectivity index (χ2v) is 5.68. The van der Waals surface area contributed by atoms with E-state index in [2.05, 4.69) is 22.4 Å². The first kappa shape index (κ1) is 16.7. The smallest absolute Gasteiger partial charge is 0.262 e. The van der Waals surface area contributed by atoms with Crippen LogP contribution in [0.15, 0.2) is 55.1 Å². The van der Waals surface area contributed by atoms with Crippen LogP contribution in [0.5, 0.6) is 5.75 Å². The Balaban J connectivity index is 1.73. The fourth-order valence-electron chi connectivity index (χ4n) is 2.47. The van der Waals surface area contributed by atoms with E-state index in [0.717, 1.165) is 23.4 Å². The zero-order valence-electron chi connectivity index (χ0n) is 14.3. The molecule has 0 aliphatic carbocycles. The van der Waals surface area contributed by atoms with Crippen LogP contribution >= 0.6 is 0 Å². The van der Waals surface area contributed by atoms with Gasteiger partial charge in [0.1, 0.15) is 18.4 Å². The molecule has 0 bridgehead atoms. The van der Waals surface area contributed by atoms with Gasteiger partial charge in [-0.1, -0.05) is 31.2 Å². The summed E-state index contributed by atoms with van der Waals surface area (Å²) in [7, 11) is 0. The van der Waals surface area contributed by atoms with Gasteiger partial charge in [0.2, 0.25) is 0 Å². The quantitative estimate of drug-likeness (QED) is 0.751. The molecule has 3 aromatic rings. The molecule has 0 atom stereocenters. The van der Waals surface area contributed by atoms with Crippen LogP contribution < -0.4 is 10.1 Å². The highest BCUT2D eigenvalue weighted by Crippen LogP contribution is 2.24. The molecule has 1 heterocycles. The number of benzene rings is 2. The molecule has 0 aliphatic heterocycles. The summed E-state index contributed by atoms with van der Waals surface area (Å²) in [6.07, 6.45) is 4.12. The fourth-order valence-corrected chi connectivity index (χ4v) is 2.47. The Bertz CT molecular complexity index is 860. The number of ether oxygens (including phenoxy) is 1. The predicted molar refractivity (Wildman–Crippen MR) is 96.0 cm³/mol. The van der Waals surface area contributed by atoms with E-state index in [1.54, 1.807) is 17.2 Å². The molecular weight excluding hydrogens is 316 g/mol. The number of anilines is 1. The number of rotatable bonds is 6. The monoisotopic (exact) mass is 336 g/mol. The molecule has 6 nitrogen and oxygen atoms in total. The van der Waals surface area contributed by atoms with E-state index < -0.39 is 0 Å². The van der Waals surface area contributed by atoms with Gasteiger partial charge >= 0.3 is 0 Å². The molecule has 0 radical (unpaired) electrons. The third-order valence-corrected chi connectivity index (χ3v) is 3.91. The van der Waals surface area contributed by atoms with Crippen molar-refractivity contribution in [1.29, 1.82) is 0 Å². The summed E-state index contributed by atoms with van der Waals surface area (Å²) in [5, 5.41) is 10.5. The second kappa shape index (κ2) is 7.61. The summed E-state index contributed by atoms with van der Waals surface area (Å²) in [4.78, 5) is 12.2. The van der Waals surface area contributed by atoms with Gasteiger partial charge in [0, 0.05) is 5.69 Å². The maximum Gasteiger partial charge on any atom is 0.262 e. The first-order valence-corrected chi connectivity index (χ1v) is 8.13. The molecule has 1 amide bonds. The van der Waals surface area contributed by atoms with Crippen molar-refractivity contribution < 1.29 is 9.53 Å². The Morgan fingerprint density at radius 1 is 1.16 bits per heavy atom. The van der Waals surface area contributed by atoms with Gasteiger partial charge in [-0.15, -0.1) is 10.2 Å². The highest BCUT2D eigenvalue weighted by atomic mass is 16.5. The average Bonchev–Trinajstić information content (AvgIpc) is 3.16. The Kier molecular flexibility index (Phi) is 5.09. The number of nitrogens with one attached hydrogen (secondary N) is 1. The predicted octanol–water partition coefficient (Wildman–Crippen LogP) is 3.16. The lowest BCUT2D eigenvalue weighted by Crippen LogP contribution is -2.21. The van der Waals surface area contributed by atoms with Gasteiger partial charge in [-0.2, -0.15) is 0 Å². The van der Waals surface area contributed by atoms with Crippen molar-refractivity contribution in [3.05, 3.63) is 66.2 Å². The van der Waals surface area contributed by atoms with Crippen molar-refractivity contribution >= 4 is 11.6 Å². The number of carbonyl (C=O) groups excluding carboxylic acids is 1. The van der Waals surface area contributed by atoms with Crippen LogP contribution in [0.2, 0.25) is 0 Å². The molecule has 2 aromatic carbocycles. The summed E-state index contributed by atoms with van der Waals surface area (Å²) >= 11 is 0. The summed E-state index contributed by atoms with van der Waals surface area (Å²) in [5.41, 5.74) is 3.78. The van der Waals surface area contributed by atoms with Gasteiger partial charge in [0.25, 0.3) is 5.91 Å². The Morgan fingerprint density at radius 3 is 2.64 bits per heavy atom. The summed E-state index contributed by atoms with van der Waals surface area (Å²) in [6.45, 7) is 3.96. The largest absolute Gasteiger partial charge is 0.482 e. The van der Waals surface area contributed by atoms with Crippen LogP contribution in [0, 0.1) is 6.92 Å². The van der Waals surface area contributed by atoms with E-state index in [9.17, 15) is 4.79 Å². The van der Waals surface area contributed by atoms with Gasteiger partial charge in [-0.05, 0) is 42.7 Å². The van der Waals surface area contributed by atoms with E-state index in [4.69, 9.17) is 4.74 Å². The molecule has 0 saturated carbocycles. The van der Waals surface area contributed by atoms with E-state index >= 15 is 0 Å². The van der Waals surface area contributed by atoms with Crippen molar-refractivity contribution in [3.63, 3.8) is 0 Å². The molecule has 0 aliphatic rings. The van der Waals surface area contributed by atoms with E-state index in [-0.39, 0.29) is 12.5 Å². The summed E-state index contributed by atoms with van der Waals surface area (Å²) < 4.78 is 7.52. The van der Waals surface area contributed by atoms with E-state index in [1.807, 2.05) is 49.4 Å². The number of hydrogen-bond acceptors (Lipinski definition) is 4. The lowest BCUT2D eigenvalue weighted by Gasteiger charge is -2.13. The first-order chi connectivity index (χ1) is 12.2. The minimum absolute atomic E-state index is 0.0745. The molecule has 0 saturated heterocycles. The minimum atomic E-state index is -0.205. The number of aryl methyl sites for hydroxylation is 2. The van der Waals surface area contributed by atoms with Crippen LogP contribution in [-0.4, -0.2) is 27.3 Å². The van der Waals surface area contributed by atoms with Gasteiger partial charge in [0.05, 0.1) is 5.69 Å². The van der Waals surface area contributed by atoms with Crippen molar-refractivity contribution in [2.24, 2.45) is 0 Å². The number of aromatic nitrogens is 3. The number of para-hydroxylation sites is 1. The highest BCUT2D eigenvalue weighted by molar-refractivity contribution is 5.92. The number of nitrogens with zero attached hydrogens (tertiary/aromatic N) is 3. The SMILES string of the molecule is CCc1ccc(OCC(=O)Nc2ccccc2C)c(-n2cnnc2)c1. The van der Waals surface area contributed by atoms with Crippen LogP contribution in [0.25, 0.3) is 5.69 Å². The molecule has 128 valence electrons. The van der Waals surface area contributed by atoms with Gasteiger partial charge in [-0.3, -0.25) is 9.36 Å². The zero-order valence-corrected chi connectivity index (χ0v) is 14.3. The maximum absolute atomic E-state index is 12.2. The standard InChI is InChI=1S/C19H20N4O2/c1-3-15-8-9-18(17(10-15)23-12-20-21-13-23)25-11-19(24)22-16-7-5-4-6-14(16)2/h4-10,12-13H,3,11H2,1-2H3,(H,22,24). The van der Waals surface area contributed by atoms with Gasteiger partial charge in [-0.25, -0.2) is 0 Å². The van der Waals surface area contributed by atoms with Gasteiger partial charge < -0.3 is 10.1 Å². The zero-order chi connectivity index (χ0) is 17.6. The van der Waals surface area contributed by atoms with Crippen LogP contribution in [0.1, 0.15) is 18.1 Å². The molecule has 1 N–H and O–H groups in total. The summed E-state index contributed by atoms with van der Waals surface area (Å²) in [6, 6.07) is 13.5. The lowest BCUT2D eigenvalue weighted by atomic mass is 10.1. The Hall–Kier alpha value is -3.15. The van der Waals surface area contributed by atoms with Crippen molar-refractivity contribution in [3.8, 4) is 11.4 Å². The Morgan fingerprint density at radius 2 is 1.92 bits per heavy atom. The first-order valence-electron chi connectivity index (χ1n) is 8.13. The van der Waals surface area contributed by atoms with Crippen LogP contribution in [-0.2, 0) is 11.2 Å². The van der Waals surface area contributed by atoms with Crippen molar-refractivity contribution in [2.45, 2.75) is 20.3 Å². The fraction of sp³-hybridized carbons (Fsp3) is 0.211. The van der Waals surface area contributed by atoms with Crippen LogP contribution in [0.4, 0.5) is 5.69 Å². The second-order valence-electron chi connectivity index (χ2n) is 5.68. The summed E-state index contributed by atoms with van der Waals surface area (Å²) in [5.74, 6) is 0.403. The number of carbonyl (C=O) groups is 1. The third kappa shape index (κ3) is 4.03. The highest BCUT2D eigenvalue weighted by Gasteiger charge is 2.10. The van der Waals surface area contributed by atoms with E-state index in [0.29, 0.717) is 5.75 Å². The molecule has 0 spiro atoms. The van der Waals surface area contributed by atoms with Crippen molar-refractivity contribution in [2.75, 3.05) is 11.9 Å². The molecule has 1 aromatic heterocycles. The van der Waals surface area contributed by atoms with Crippen LogP contribution in [0.3, 0.4) is 0 Å². The molecule has 3 rings (SSSR count). The molecule has 0 fully saturated rings. The molecule has 6 heteroatoms. The topological polar surface area (TPSA) is 69.0 Å². The third-order valence-electron chi connectivity index (χ3n) is 3.91. The molecule has 0 unspecified atom stereocenters. The Labute approximate surface area is 146 Å². The van der Waals surface area contributed by atoms with Gasteiger partial charge in [0.15, 0.2) is 6.61 Å². The van der Waals surface area contributed by atoms with Crippen molar-refractivity contribution in [1.82, 2.24) is 14.8 Å². The minimum Gasteiger partial charge on any atom is -0.482 e.